The Morgan fingerprint density at radius 3 is 2.90 bits per heavy atom. The minimum atomic E-state index is -0.439. The molecule has 2 aromatic rings. The van der Waals surface area contributed by atoms with Crippen molar-refractivity contribution in [2.24, 2.45) is 11.8 Å². The average Bonchev–Trinajstić information content (AvgIpc) is 2.73. The summed E-state index contributed by atoms with van der Waals surface area (Å²) < 4.78 is 15.4. The standard InChI is InChI=1S/C21H27FN4O2S2/c1-13-7-4-3-5-10-29-19-18(14(13)2)20(28)26(16-9-6-8-15(22)11-16)21(24-19)30-12-17(27)25-23/h6,8-9,11,13-14H,3-5,7,10,12,23H2,1-2H3,(H,25,27). The number of aromatic nitrogens is 2. The number of hydrogen-bond donors (Lipinski definition) is 2. The van der Waals surface area contributed by atoms with Crippen molar-refractivity contribution >= 4 is 29.4 Å². The van der Waals surface area contributed by atoms with E-state index < -0.39 is 5.82 Å². The smallest absolute Gasteiger partial charge is 0.263 e. The van der Waals surface area contributed by atoms with Crippen molar-refractivity contribution in [1.82, 2.24) is 15.0 Å². The van der Waals surface area contributed by atoms with Crippen LogP contribution in [0.1, 0.15) is 51.0 Å². The number of hydrazine groups is 1. The van der Waals surface area contributed by atoms with Gasteiger partial charge < -0.3 is 0 Å². The summed E-state index contributed by atoms with van der Waals surface area (Å²) in [5.41, 5.74) is 2.96. The summed E-state index contributed by atoms with van der Waals surface area (Å²) in [6.07, 6.45) is 4.43. The first kappa shape index (κ1) is 22.8. The monoisotopic (exact) mass is 450 g/mol. The molecule has 30 heavy (non-hydrogen) atoms. The van der Waals surface area contributed by atoms with E-state index in [-0.39, 0.29) is 23.1 Å². The fourth-order valence-corrected chi connectivity index (χ4v) is 5.55. The largest absolute Gasteiger partial charge is 0.294 e. The van der Waals surface area contributed by atoms with Crippen molar-refractivity contribution in [3.8, 4) is 5.69 Å². The fraction of sp³-hybridized carbons (Fsp3) is 0.476. The molecule has 0 aliphatic carbocycles. The van der Waals surface area contributed by atoms with Crippen LogP contribution in [0.5, 0.6) is 0 Å². The van der Waals surface area contributed by atoms with Crippen LogP contribution in [0.15, 0.2) is 39.2 Å². The SMILES string of the molecule is CC1CCCCCSc2nc(SCC(=O)NN)n(-c3cccc(F)c3)c(=O)c2C1C. The van der Waals surface area contributed by atoms with E-state index in [1.807, 2.05) is 0 Å². The zero-order valence-electron chi connectivity index (χ0n) is 17.2. The summed E-state index contributed by atoms with van der Waals surface area (Å²) in [7, 11) is 0. The topological polar surface area (TPSA) is 90.0 Å². The fourth-order valence-electron chi connectivity index (χ4n) is 3.56. The molecule has 1 amide bonds. The number of amides is 1. The van der Waals surface area contributed by atoms with Gasteiger partial charge >= 0.3 is 0 Å². The number of rotatable bonds is 4. The predicted molar refractivity (Wildman–Crippen MR) is 120 cm³/mol. The van der Waals surface area contributed by atoms with Gasteiger partial charge in [0.1, 0.15) is 10.8 Å². The van der Waals surface area contributed by atoms with Gasteiger partial charge in [-0.15, -0.1) is 11.8 Å². The van der Waals surface area contributed by atoms with Crippen LogP contribution in [-0.2, 0) is 4.79 Å². The second kappa shape index (κ2) is 10.5. The molecule has 0 bridgehead atoms. The zero-order valence-corrected chi connectivity index (χ0v) is 18.8. The number of hydrogen-bond acceptors (Lipinski definition) is 6. The minimum Gasteiger partial charge on any atom is -0.294 e. The number of thioether (sulfide) groups is 2. The van der Waals surface area contributed by atoms with Crippen LogP contribution in [0.2, 0.25) is 0 Å². The highest BCUT2D eigenvalue weighted by molar-refractivity contribution is 8.00. The number of nitrogens with two attached hydrogens (primary N) is 1. The molecule has 0 spiro atoms. The molecule has 9 heteroatoms. The Bertz CT molecular complexity index is 967. The number of benzene rings is 1. The van der Waals surface area contributed by atoms with Crippen LogP contribution >= 0.6 is 23.5 Å². The van der Waals surface area contributed by atoms with Gasteiger partial charge in [0.05, 0.1) is 17.0 Å². The lowest BCUT2D eigenvalue weighted by Gasteiger charge is -2.25. The first-order chi connectivity index (χ1) is 14.4. The minimum absolute atomic E-state index is 0.00760. The van der Waals surface area contributed by atoms with Gasteiger partial charge in [0.15, 0.2) is 5.16 Å². The second-order valence-electron chi connectivity index (χ2n) is 7.55. The molecule has 0 saturated carbocycles. The summed E-state index contributed by atoms with van der Waals surface area (Å²) in [6.45, 7) is 4.24. The molecule has 6 nitrogen and oxygen atoms in total. The summed E-state index contributed by atoms with van der Waals surface area (Å²) in [5.74, 6) is 5.63. The van der Waals surface area contributed by atoms with Gasteiger partial charge in [-0.1, -0.05) is 50.9 Å². The highest BCUT2D eigenvalue weighted by atomic mass is 32.2. The second-order valence-corrected chi connectivity index (χ2v) is 9.58. The van der Waals surface area contributed by atoms with Crippen molar-refractivity contribution in [2.45, 2.75) is 55.6 Å². The van der Waals surface area contributed by atoms with Crippen LogP contribution in [0, 0.1) is 11.7 Å². The predicted octanol–water partition coefficient (Wildman–Crippen LogP) is 3.86. The molecular weight excluding hydrogens is 423 g/mol. The number of halogens is 1. The maximum Gasteiger partial charge on any atom is 0.263 e. The van der Waals surface area contributed by atoms with Crippen molar-refractivity contribution in [3.63, 3.8) is 0 Å². The van der Waals surface area contributed by atoms with E-state index in [0.29, 0.717) is 27.4 Å². The van der Waals surface area contributed by atoms with Crippen molar-refractivity contribution in [3.05, 3.63) is 46.0 Å². The van der Waals surface area contributed by atoms with E-state index in [2.05, 4.69) is 19.3 Å². The number of carbonyl (C=O) groups excluding carboxylic acids is 1. The molecule has 2 atom stereocenters. The van der Waals surface area contributed by atoms with Gasteiger partial charge in [0.2, 0.25) is 5.91 Å². The Morgan fingerprint density at radius 1 is 1.37 bits per heavy atom. The van der Waals surface area contributed by atoms with Crippen LogP contribution in [0.4, 0.5) is 4.39 Å². The summed E-state index contributed by atoms with van der Waals surface area (Å²) in [5, 5.41) is 1.07. The highest BCUT2D eigenvalue weighted by Gasteiger charge is 2.27. The lowest BCUT2D eigenvalue weighted by Crippen LogP contribution is -2.32. The van der Waals surface area contributed by atoms with Crippen molar-refractivity contribution in [1.29, 1.82) is 0 Å². The van der Waals surface area contributed by atoms with E-state index in [9.17, 15) is 14.0 Å². The molecular formula is C21H27FN4O2S2. The van der Waals surface area contributed by atoms with Gasteiger partial charge in [0.25, 0.3) is 5.56 Å². The Hall–Kier alpha value is -1.84. The number of carbonyl (C=O) groups is 1. The normalized spacial score (nSPS) is 19.7. The number of nitrogens with zero attached hydrogens (tertiary/aromatic N) is 2. The molecule has 162 valence electrons. The molecule has 1 aromatic carbocycles. The molecule has 1 aromatic heterocycles. The van der Waals surface area contributed by atoms with E-state index >= 15 is 0 Å². The molecule has 2 heterocycles. The van der Waals surface area contributed by atoms with E-state index in [1.165, 1.54) is 16.7 Å². The molecule has 3 N–H and O–H groups in total. The van der Waals surface area contributed by atoms with Gasteiger partial charge in [-0.2, -0.15) is 0 Å². The first-order valence-corrected chi connectivity index (χ1v) is 12.1. The van der Waals surface area contributed by atoms with E-state index in [1.54, 1.807) is 23.9 Å². The first-order valence-electron chi connectivity index (χ1n) is 10.1. The summed E-state index contributed by atoms with van der Waals surface area (Å²) >= 11 is 2.70. The van der Waals surface area contributed by atoms with Crippen molar-refractivity contribution in [2.75, 3.05) is 11.5 Å². The van der Waals surface area contributed by atoms with Gasteiger partial charge in [-0.3, -0.25) is 19.6 Å². The molecule has 1 aliphatic rings. The van der Waals surface area contributed by atoms with Crippen LogP contribution in [0.3, 0.4) is 0 Å². The molecule has 0 saturated heterocycles. The summed E-state index contributed by atoms with van der Waals surface area (Å²) in [4.78, 5) is 30.2. The van der Waals surface area contributed by atoms with Crippen LogP contribution < -0.4 is 16.8 Å². The van der Waals surface area contributed by atoms with Crippen LogP contribution in [0.25, 0.3) is 5.69 Å². The van der Waals surface area contributed by atoms with E-state index in [0.717, 1.165) is 43.2 Å². The third-order valence-electron chi connectivity index (χ3n) is 5.46. The Balaban J connectivity index is 2.19. The molecule has 0 fully saturated rings. The van der Waals surface area contributed by atoms with Gasteiger partial charge in [0, 0.05) is 0 Å². The summed E-state index contributed by atoms with van der Waals surface area (Å²) in [6, 6.07) is 5.88. The maximum atomic E-state index is 14.0. The lowest BCUT2D eigenvalue weighted by molar-refractivity contribution is -0.118. The third-order valence-corrected chi connectivity index (χ3v) is 7.48. The van der Waals surface area contributed by atoms with Crippen molar-refractivity contribution < 1.29 is 9.18 Å². The van der Waals surface area contributed by atoms with Gasteiger partial charge in [-0.05, 0) is 42.2 Å². The van der Waals surface area contributed by atoms with Gasteiger partial charge in [-0.25, -0.2) is 15.2 Å². The molecule has 3 rings (SSSR count). The zero-order chi connectivity index (χ0) is 21.7. The maximum absolute atomic E-state index is 14.0. The van der Waals surface area contributed by atoms with E-state index in [4.69, 9.17) is 10.8 Å². The highest BCUT2D eigenvalue weighted by Crippen LogP contribution is 2.35. The third kappa shape index (κ3) is 5.25. The lowest BCUT2D eigenvalue weighted by atomic mass is 9.86. The molecule has 1 aliphatic heterocycles. The Labute approximate surface area is 184 Å². The number of fused-ring (bicyclic) bond motifs is 1. The molecule has 2 unspecified atom stereocenters. The quantitative estimate of drug-likeness (QED) is 0.184. The Morgan fingerprint density at radius 2 is 2.17 bits per heavy atom. The Kier molecular flexibility index (Phi) is 7.96. The van der Waals surface area contributed by atoms with Crippen LogP contribution in [-0.4, -0.2) is 27.0 Å². The number of nitrogens with one attached hydrogen (secondary N) is 1. The average molecular weight is 451 g/mol. The molecule has 0 radical (unpaired) electrons.